The van der Waals surface area contributed by atoms with Gasteiger partial charge in [0.15, 0.2) is 0 Å². The Morgan fingerprint density at radius 3 is 2.36 bits per heavy atom. The number of rotatable bonds is 6. The van der Waals surface area contributed by atoms with Crippen molar-refractivity contribution < 1.29 is 4.84 Å². The molecule has 7 heteroatoms. The topological polar surface area (TPSA) is 71.4 Å². The van der Waals surface area contributed by atoms with Crippen molar-refractivity contribution in [1.82, 2.24) is 15.3 Å². The molecule has 174 valence electrons. The Hall–Kier alpha value is -2.77. The van der Waals surface area contributed by atoms with Gasteiger partial charge in [-0.05, 0) is 76.8 Å². The van der Waals surface area contributed by atoms with E-state index in [1.54, 1.807) is 18.4 Å². The molecule has 1 aliphatic heterocycles. The van der Waals surface area contributed by atoms with Crippen molar-refractivity contribution in [3.63, 3.8) is 0 Å². The van der Waals surface area contributed by atoms with Crippen LogP contribution in [0.4, 0.5) is 5.95 Å². The van der Waals surface area contributed by atoms with E-state index in [0.29, 0.717) is 12.0 Å². The summed E-state index contributed by atoms with van der Waals surface area (Å²) < 4.78 is 0. The van der Waals surface area contributed by atoms with Gasteiger partial charge in [-0.25, -0.2) is 9.97 Å². The Labute approximate surface area is 200 Å². The number of nitrogens with zero attached hydrogens (tertiary/aromatic N) is 3. The molecule has 1 fully saturated rings. The van der Waals surface area contributed by atoms with E-state index in [0.717, 1.165) is 34.7 Å². The first kappa shape index (κ1) is 23.4. The SMILES string of the molecule is CO/N=C(/C)c1ccc(-c2ccc(-c3ccnc(NC4CC(C)(C)NC(C)(C)C4)n3)s2)cc1. The van der Waals surface area contributed by atoms with E-state index in [1.807, 2.05) is 19.2 Å². The standard InChI is InChI=1S/C26H33N5OS/c1-17(30-32-6)18-7-9-19(10-8-18)22-11-12-23(33-22)21-13-14-27-24(29-21)28-20-15-25(2,3)31-26(4,5)16-20/h7-14,20,31H,15-16H2,1-6H3,(H,27,28,29)/b30-17-. The van der Waals surface area contributed by atoms with Crippen molar-refractivity contribution in [2.75, 3.05) is 12.4 Å². The summed E-state index contributed by atoms with van der Waals surface area (Å²) in [6.45, 7) is 11.0. The Morgan fingerprint density at radius 1 is 1.03 bits per heavy atom. The van der Waals surface area contributed by atoms with Crippen LogP contribution in [0, 0.1) is 0 Å². The van der Waals surface area contributed by atoms with Crippen molar-refractivity contribution in [3.8, 4) is 21.0 Å². The van der Waals surface area contributed by atoms with E-state index in [9.17, 15) is 0 Å². The molecule has 2 aromatic heterocycles. The van der Waals surface area contributed by atoms with Crippen LogP contribution in [0.3, 0.4) is 0 Å². The van der Waals surface area contributed by atoms with E-state index < -0.39 is 0 Å². The molecule has 2 N–H and O–H groups in total. The van der Waals surface area contributed by atoms with Crippen molar-refractivity contribution in [3.05, 3.63) is 54.2 Å². The lowest BCUT2D eigenvalue weighted by molar-refractivity contribution is 0.170. The number of thiophene rings is 1. The van der Waals surface area contributed by atoms with Crippen LogP contribution in [0.15, 0.2) is 53.8 Å². The fraction of sp³-hybridized carbons (Fsp3) is 0.423. The molecular formula is C26H33N5OS. The molecule has 0 atom stereocenters. The lowest BCUT2D eigenvalue weighted by atomic mass is 9.80. The smallest absolute Gasteiger partial charge is 0.223 e. The maximum atomic E-state index is 4.87. The van der Waals surface area contributed by atoms with Crippen LogP contribution in [0.5, 0.6) is 0 Å². The van der Waals surface area contributed by atoms with E-state index in [4.69, 9.17) is 9.82 Å². The van der Waals surface area contributed by atoms with Gasteiger partial charge in [-0.1, -0.05) is 29.4 Å². The molecule has 0 spiro atoms. The fourth-order valence-electron chi connectivity index (χ4n) is 4.87. The number of piperidine rings is 1. The highest BCUT2D eigenvalue weighted by molar-refractivity contribution is 7.18. The molecule has 0 radical (unpaired) electrons. The van der Waals surface area contributed by atoms with Crippen LogP contribution < -0.4 is 10.6 Å². The molecule has 4 rings (SSSR count). The average molecular weight is 464 g/mol. The second-order valence-electron chi connectivity index (χ2n) is 10.0. The predicted octanol–water partition coefficient (Wildman–Crippen LogP) is 5.96. The van der Waals surface area contributed by atoms with E-state index in [-0.39, 0.29) is 11.1 Å². The quantitative estimate of drug-likeness (QED) is 0.348. The van der Waals surface area contributed by atoms with Crippen LogP contribution in [-0.2, 0) is 4.84 Å². The zero-order chi connectivity index (χ0) is 23.6. The second-order valence-corrected chi connectivity index (χ2v) is 11.1. The molecule has 1 saturated heterocycles. The minimum Gasteiger partial charge on any atom is -0.399 e. The molecule has 0 aliphatic carbocycles. The molecule has 0 saturated carbocycles. The summed E-state index contributed by atoms with van der Waals surface area (Å²) in [4.78, 5) is 16.5. The van der Waals surface area contributed by atoms with Crippen LogP contribution >= 0.6 is 11.3 Å². The molecular weight excluding hydrogens is 430 g/mol. The summed E-state index contributed by atoms with van der Waals surface area (Å²) in [6, 6.07) is 15.0. The number of oxime groups is 1. The molecule has 1 aliphatic rings. The number of aromatic nitrogens is 2. The summed E-state index contributed by atoms with van der Waals surface area (Å²) in [6.07, 6.45) is 3.89. The van der Waals surface area contributed by atoms with Gasteiger partial charge in [-0.3, -0.25) is 0 Å². The Balaban J connectivity index is 1.50. The first-order valence-electron chi connectivity index (χ1n) is 11.3. The van der Waals surface area contributed by atoms with Crippen molar-refractivity contribution in [1.29, 1.82) is 0 Å². The second kappa shape index (κ2) is 9.23. The highest BCUT2D eigenvalue weighted by Crippen LogP contribution is 2.34. The molecule has 0 bridgehead atoms. The molecule has 1 aromatic carbocycles. The van der Waals surface area contributed by atoms with Gasteiger partial charge in [0.25, 0.3) is 0 Å². The zero-order valence-electron chi connectivity index (χ0n) is 20.3. The number of hydrogen-bond acceptors (Lipinski definition) is 7. The molecule has 0 unspecified atom stereocenters. The average Bonchev–Trinajstić information content (AvgIpc) is 3.22. The summed E-state index contributed by atoms with van der Waals surface area (Å²) in [5, 5.41) is 11.3. The Morgan fingerprint density at radius 2 is 1.70 bits per heavy atom. The Kier molecular flexibility index (Phi) is 6.54. The van der Waals surface area contributed by atoms with Gasteiger partial charge < -0.3 is 15.5 Å². The molecule has 0 amide bonds. The summed E-state index contributed by atoms with van der Waals surface area (Å²) >= 11 is 1.73. The van der Waals surface area contributed by atoms with Gasteiger partial charge in [0, 0.05) is 28.2 Å². The van der Waals surface area contributed by atoms with Crippen LogP contribution in [-0.4, -0.2) is 39.9 Å². The highest BCUT2D eigenvalue weighted by Gasteiger charge is 2.37. The fourth-order valence-corrected chi connectivity index (χ4v) is 5.85. The minimum absolute atomic E-state index is 0.0726. The summed E-state index contributed by atoms with van der Waals surface area (Å²) in [5.41, 5.74) is 4.17. The monoisotopic (exact) mass is 463 g/mol. The van der Waals surface area contributed by atoms with Crippen LogP contribution in [0.1, 0.15) is 53.0 Å². The molecule has 6 nitrogen and oxygen atoms in total. The van der Waals surface area contributed by atoms with E-state index in [2.05, 4.69) is 84.9 Å². The zero-order valence-corrected chi connectivity index (χ0v) is 21.1. The third kappa shape index (κ3) is 5.78. The van der Waals surface area contributed by atoms with Gasteiger partial charge >= 0.3 is 0 Å². The van der Waals surface area contributed by atoms with E-state index >= 15 is 0 Å². The number of anilines is 1. The predicted molar refractivity (Wildman–Crippen MR) is 138 cm³/mol. The van der Waals surface area contributed by atoms with Gasteiger partial charge in [0.1, 0.15) is 7.11 Å². The lowest BCUT2D eigenvalue weighted by Crippen LogP contribution is -2.60. The summed E-state index contributed by atoms with van der Waals surface area (Å²) in [7, 11) is 1.56. The van der Waals surface area contributed by atoms with Gasteiger partial charge in [0.05, 0.1) is 16.3 Å². The number of benzene rings is 1. The van der Waals surface area contributed by atoms with Crippen LogP contribution in [0.25, 0.3) is 21.0 Å². The third-order valence-corrected chi connectivity index (χ3v) is 7.01. The number of nitrogens with one attached hydrogen (secondary N) is 2. The first-order valence-corrected chi connectivity index (χ1v) is 12.1. The van der Waals surface area contributed by atoms with Gasteiger partial charge in [-0.15, -0.1) is 11.3 Å². The summed E-state index contributed by atoms with van der Waals surface area (Å²) in [5.74, 6) is 0.693. The first-order chi connectivity index (χ1) is 15.6. The van der Waals surface area contributed by atoms with Crippen molar-refractivity contribution >= 4 is 23.0 Å². The third-order valence-electron chi connectivity index (χ3n) is 5.85. The molecule has 3 heterocycles. The maximum absolute atomic E-state index is 4.87. The lowest BCUT2D eigenvalue weighted by Gasteiger charge is -2.46. The Bertz CT molecular complexity index is 1120. The molecule has 3 aromatic rings. The van der Waals surface area contributed by atoms with E-state index in [1.165, 1.54) is 10.4 Å². The van der Waals surface area contributed by atoms with Crippen LogP contribution in [0.2, 0.25) is 0 Å². The molecule has 33 heavy (non-hydrogen) atoms. The number of hydrogen-bond donors (Lipinski definition) is 2. The van der Waals surface area contributed by atoms with Crippen molar-refractivity contribution in [2.24, 2.45) is 5.16 Å². The van der Waals surface area contributed by atoms with Gasteiger partial charge in [-0.2, -0.15) is 0 Å². The minimum atomic E-state index is 0.0726. The largest absolute Gasteiger partial charge is 0.399 e. The van der Waals surface area contributed by atoms with Crippen molar-refractivity contribution in [2.45, 2.75) is 64.6 Å². The normalized spacial score (nSPS) is 18.2. The van der Waals surface area contributed by atoms with Gasteiger partial charge in [0.2, 0.25) is 5.95 Å². The highest BCUT2D eigenvalue weighted by atomic mass is 32.1. The maximum Gasteiger partial charge on any atom is 0.223 e.